The van der Waals surface area contributed by atoms with Crippen LogP contribution in [0.4, 0.5) is 0 Å². The fraction of sp³-hybridized carbons (Fsp3) is 0.615. The number of rotatable bonds is 4. The summed E-state index contributed by atoms with van der Waals surface area (Å²) < 4.78 is 11.5. The van der Waals surface area contributed by atoms with Gasteiger partial charge in [-0.25, -0.2) is 0 Å². The van der Waals surface area contributed by atoms with Gasteiger partial charge in [-0.2, -0.15) is 11.8 Å². The third kappa shape index (κ3) is 2.96. The van der Waals surface area contributed by atoms with Crippen molar-refractivity contribution in [3.63, 3.8) is 0 Å². The predicted octanol–water partition coefficient (Wildman–Crippen LogP) is 2.26. The van der Waals surface area contributed by atoms with Gasteiger partial charge in [0, 0.05) is 37.1 Å². The Balaban J connectivity index is 2.24. The number of hydrogen-bond acceptors (Lipinski definition) is 5. The van der Waals surface area contributed by atoms with Gasteiger partial charge in [-0.3, -0.25) is 4.98 Å². The number of thioether (sulfide) groups is 1. The van der Waals surface area contributed by atoms with Crippen LogP contribution in [-0.4, -0.2) is 28.2 Å². The Kier molecular flexibility index (Phi) is 4.14. The second kappa shape index (κ2) is 5.47. The van der Waals surface area contributed by atoms with E-state index in [1.807, 2.05) is 27.0 Å². The smallest absolute Gasteiger partial charge is 0.205 e. The van der Waals surface area contributed by atoms with Crippen LogP contribution in [0.2, 0.25) is 0 Å². The third-order valence-electron chi connectivity index (χ3n) is 2.81. The minimum absolute atomic E-state index is 0.201. The lowest BCUT2D eigenvalue weighted by Crippen LogP contribution is -2.36. The third-order valence-corrected chi connectivity index (χ3v) is 3.80. The first-order valence-corrected chi connectivity index (χ1v) is 7.18. The normalized spacial score (nSPS) is 17.1. The topological polar surface area (TPSA) is 51.6 Å². The summed E-state index contributed by atoms with van der Waals surface area (Å²) in [6.45, 7) is 6.52. The number of nitrogens with zero attached hydrogens (tertiary/aromatic N) is 1. The van der Waals surface area contributed by atoms with Crippen molar-refractivity contribution in [3.05, 3.63) is 23.0 Å². The largest absolute Gasteiger partial charge is 0.461 e. The lowest BCUT2D eigenvalue weighted by molar-refractivity contribution is -0.180. The molecule has 2 heterocycles. The summed E-state index contributed by atoms with van der Waals surface area (Å²) in [6.07, 6.45) is 1.88. The Bertz CT molecular complexity index is 434. The van der Waals surface area contributed by atoms with E-state index in [1.165, 1.54) is 0 Å². The SMILES string of the molecule is Cc1ncc(CSCCO)c2c1OC(C)(C)OC2. The zero-order valence-corrected chi connectivity index (χ0v) is 11.8. The van der Waals surface area contributed by atoms with E-state index in [2.05, 4.69) is 4.98 Å². The Morgan fingerprint density at radius 1 is 1.50 bits per heavy atom. The second-order valence-electron chi connectivity index (χ2n) is 4.74. The van der Waals surface area contributed by atoms with Gasteiger partial charge in [0.2, 0.25) is 5.79 Å². The first-order chi connectivity index (χ1) is 8.53. The minimum Gasteiger partial charge on any atom is -0.461 e. The van der Waals surface area contributed by atoms with E-state index in [9.17, 15) is 0 Å². The lowest BCUT2D eigenvalue weighted by Gasteiger charge is -2.34. The highest BCUT2D eigenvalue weighted by atomic mass is 32.2. The fourth-order valence-corrected chi connectivity index (χ4v) is 2.60. The van der Waals surface area contributed by atoms with E-state index < -0.39 is 5.79 Å². The first kappa shape index (κ1) is 13.6. The number of hydrogen-bond donors (Lipinski definition) is 1. The van der Waals surface area contributed by atoms with Gasteiger partial charge in [0.05, 0.1) is 18.9 Å². The molecule has 0 radical (unpaired) electrons. The van der Waals surface area contributed by atoms with Gasteiger partial charge in [0.15, 0.2) is 0 Å². The van der Waals surface area contributed by atoms with Crippen LogP contribution < -0.4 is 4.74 Å². The molecule has 0 saturated carbocycles. The second-order valence-corrected chi connectivity index (χ2v) is 5.85. The average Bonchev–Trinajstić information content (AvgIpc) is 2.32. The quantitative estimate of drug-likeness (QED) is 0.850. The highest BCUT2D eigenvalue weighted by Crippen LogP contribution is 2.36. The van der Waals surface area contributed by atoms with E-state index in [0.717, 1.165) is 34.1 Å². The molecule has 0 amide bonds. The Morgan fingerprint density at radius 3 is 3.00 bits per heavy atom. The van der Waals surface area contributed by atoms with Crippen molar-refractivity contribution in [1.29, 1.82) is 0 Å². The maximum Gasteiger partial charge on any atom is 0.205 e. The molecule has 0 bridgehead atoms. The van der Waals surface area contributed by atoms with Gasteiger partial charge >= 0.3 is 0 Å². The Labute approximate surface area is 112 Å². The maximum atomic E-state index is 8.81. The summed E-state index contributed by atoms with van der Waals surface area (Å²) in [4.78, 5) is 4.38. The van der Waals surface area contributed by atoms with Crippen LogP contribution in [-0.2, 0) is 17.1 Å². The summed E-state index contributed by atoms with van der Waals surface area (Å²) >= 11 is 1.68. The maximum absolute atomic E-state index is 8.81. The molecule has 1 N–H and O–H groups in total. The number of aryl methyl sites for hydroxylation is 1. The molecule has 5 heteroatoms. The molecule has 0 atom stereocenters. The van der Waals surface area contributed by atoms with Crippen LogP contribution in [0.1, 0.15) is 30.7 Å². The van der Waals surface area contributed by atoms with E-state index in [-0.39, 0.29) is 6.61 Å². The molecule has 1 aliphatic heterocycles. The van der Waals surface area contributed by atoms with E-state index in [1.54, 1.807) is 11.8 Å². The molecule has 0 fully saturated rings. The fourth-order valence-electron chi connectivity index (χ4n) is 1.86. The molecular formula is C13H19NO3S. The standard InChI is InChI=1S/C13H19NO3S/c1-9-12-11(7-16-13(2,3)17-12)10(6-14-9)8-18-5-4-15/h6,15H,4-5,7-8H2,1-3H3. The molecule has 18 heavy (non-hydrogen) atoms. The highest BCUT2D eigenvalue weighted by Gasteiger charge is 2.30. The van der Waals surface area contributed by atoms with Crippen LogP contribution >= 0.6 is 11.8 Å². The summed E-state index contributed by atoms with van der Waals surface area (Å²) in [5.41, 5.74) is 3.12. The van der Waals surface area contributed by atoms with Crippen LogP contribution in [0.5, 0.6) is 5.75 Å². The lowest BCUT2D eigenvalue weighted by atomic mass is 10.1. The number of pyridine rings is 1. The highest BCUT2D eigenvalue weighted by molar-refractivity contribution is 7.98. The van der Waals surface area contributed by atoms with Gasteiger partial charge in [-0.1, -0.05) is 0 Å². The molecule has 0 aromatic carbocycles. The van der Waals surface area contributed by atoms with Crippen molar-refractivity contribution >= 4 is 11.8 Å². The molecule has 1 aromatic rings. The average molecular weight is 269 g/mol. The van der Waals surface area contributed by atoms with Crippen molar-refractivity contribution < 1.29 is 14.6 Å². The molecule has 2 rings (SSSR count). The van der Waals surface area contributed by atoms with Crippen molar-refractivity contribution in [2.75, 3.05) is 12.4 Å². The summed E-state index contributed by atoms with van der Waals surface area (Å²) in [7, 11) is 0. The summed E-state index contributed by atoms with van der Waals surface area (Å²) in [6, 6.07) is 0. The van der Waals surface area contributed by atoms with E-state index >= 15 is 0 Å². The van der Waals surface area contributed by atoms with Gasteiger partial charge in [-0.15, -0.1) is 0 Å². The van der Waals surface area contributed by atoms with Gasteiger partial charge in [0.1, 0.15) is 5.75 Å². The zero-order chi connectivity index (χ0) is 13.2. The zero-order valence-electron chi connectivity index (χ0n) is 11.0. The van der Waals surface area contributed by atoms with Crippen LogP contribution in [0.15, 0.2) is 6.20 Å². The van der Waals surface area contributed by atoms with E-state index in [4.69, 9.17) is 14.6 Å². The van der Waals surface area contributed by atoms with Crippen molar-refractivity contribution in [3.8, 4) is 5.75 Å². The number of fused-ring (bicyclic) bond motifs is 1. The Hall–Kier alpha value is -0.780. The van der Waals surface area contributed by atoms with Crippen LogP contribution in [0.25, 0.3) is 0 Å². The van der Waals surface area contributed by atoms with Crippen LogP contribution in [0, 0.1) is 6.92 Å². The monoisotopic (exact) mass is 269 g/mol. The molecule has 1 aliphatic rings. The van der Waals surface area contributed by atoms with Crippen molar-refractivity contribution in [2.24, 2.45) is 0 Å². The van der Waals surface area contributed by atoms with Crippen molar-refractivity contribution in [2.45, 2.75) is 38.9 Å². The first-order valence-electron chi connectivity index (χ1n) is 6.02. The number of aliphatic hydroxyl groups is 1. The number of aromatic nitrogens is 1. The molecule has 1 aromatic heterocycles. The summed E-state index contributed by atoms with van der Waals surface area (Å²) in [5.74, 6) is 1.82. The molecule has 0 spiro atoms. The van der Waals surface area contributed by atoms with E-state index in [0.29, 0.717) is 6.61 Å². The predicted molar refractivity (Wildman–Crippen MR) is 71.7 cm³/mol. The number of ether oxygens (including phenoxy) is 2. The van der Waals surface area contributed by atoms with Crippen LogP contribution in [0.3, 0.4) is 0 Å². The molecule has 0 saturated heterocycles. The minimum atomic E-state index is -0.587. The number of aliphatic hydroxyl groups excluding tert-OH is 1. The van der Waals surface area contributed by atoms with Gasteiger partial charge < -0.3 is 14.6 Å². The van der Waals surface area contributed by atoms with Gasteiger partial charge in [-0.05, 0) is 12.5 Å². The molecule has 0 aliphatic carbocycles. The summed E-state index contributed by atoms with van der Waals surface area (Å²) in [5, 5.41) is 8.81. The molecular weight excluding hydrogens is 250 g/mol. The molecule has 100 valence electrons. The molecule has 4 nitrogen and oxygen atoms in total. The Morgan fingerprint density at radius 2 is 2.28 bits per heavy atom. The van der Waals surface area contributed by atoms with Gasteiger partial charge in [0.25, 0.3) is 0 Å². The molecule has 0 unspecified atom stereocenters. The van der Waals surface area contributed by atoms with Crippen molar-refractivity contribution in [1.82, 2.24) is 4.98 Å².